The summed E-state index contributed by atoms with van der Waals surface area (Å²) in [5, 5.41) is 3.22. The van der Waals surface area contributed by atoms with Crippen LogP contribution in [0.2, 0.25) is 0 Å². The zero-order chi connectivity index (χ0) is 17.5. The molecule has 2 aromatic rings. The third kappa shape index (κ3) is 5.37. The van der Waals surface area contributed by atoms with Crippen molar-refractivity contribution >= 4 is 6.03 Å². The van der Waals surface area contributed by atoms with E-state index in [1.165, 1.54) is 19.3 Å². The topological polar surface area (TPSA) is 63.3 Å². The molecule has 0 saturated heterocycles. The molecule has 0 radical (unpaired) electrons. The Morgan fingerprint density at radius 1 is 1.36 bits per heavy atom. The molecule has 6 nitrogen and oxygen atoms in total. The minimum atomic E-state index is 0.0200. The van der Waals surface area contributed by atoms with Crippen LogP contribution in [0.25, 0.3) is 0 Å². The smallest absolute Gasteiger partial charge is 0.318 e. The minimum Gasteiger partial charge on any atom is -0.464 e. The van der Waals surface area contributed by atoms with Gasteiger partial charge in [-0.3, -0.25) is 0 Å². The highest BCUT2D eigenvalue weighted by molar-refractivity contribution is 5.74. The molecule has 0 atom stereocenters. The van der Waals surface area contributed by atoms with E-state index >= 15 is 0 Å². The second-order valence-corrected chi connectivity index (χ2v) is 6.87. The molecule has 2 aromatic heterocycles. The van der Waals surface area contributed by atoms with Crippen molar-refractivity contribution < 1.29 is 9.21 Å². The maximum atomic E-state index is 12.8. The monoisotopic (exact) mass is 344 g/mol. The standard InChI is InChI=1S/C19H28N4O2/c1-16-8-9-18(25-16)14-23(12-5-11-22-13-10-20-15-22)19(24)21-17-6-3-2-4-7-17/h8-10,13,15,17H,2-7,11-12,14H2,1H3,(H,21,24). The highest BCUT2D eigenvalue weighted by Crippen LogP contribution is 2.18. The second kappa shape index (κ2) is 8.74. The molecule has 2 heterocycles. The lowest BCUT2D eigenvalue weighted by atomic mass is 9.96. The lowest BCUT2D eigenvalue weighted by Crippen LogP contribution is -2.45. The molecule has 2 amide bonds. The van der Waals surface area contributed by atoms with Crippen LogP contribution in [-0.2, 0) is 13.1 Å². The lowest BCUT2D eigenvalue weighted by molar-refractivity contribution is 0.181. The Morgan fingerprint density at radius 3 is 2.88 bits per heavy atom. The van der Waals surface area contributed by atoms with Gasteiger partial charge in [0.25, 0.3) is 0 Å². The van der Waals surface area contributed by atoms with E-state index in [4.69, 9.17) is 4.42 Å². The molecule has 1 fully saturated rings. The van der Waals surface area contributed by atoms with Crippen LogP contribution < -0.4 is 5.32 Å². The number of amides is 2. The third-order valence-corrected chi connectivity index (χ3v) is 4.77. The Bertz CT molecular complexity index is 644. The summed E-state index contributed by atoms with van der Waals surface area (Å²) in [6, 6.07) is 4.23. The lowest BCUT2D eigenvalue weighted by Gasteiger charge is -2.28. The van der Waals surface area contributed by atoms with Crippen molar-refractivity contribution in [2.24, 2.45) is 0 Å². The van der Waals surface area contributed by atoms with E-state index in [1.807, 2.05) is 41.0 Å². The maximum absolute atomic E-state index is 12.8. The summed E-state index contributed by atoms with van der Waals surface area (Å²) in [5.74, 6) is 1.71. The molecule has 0 spiro atoms. The average molecular weight is 344 g/mol. The first-order chi connectivity index (χ1) is 12.2. The first-order valence-corrected chi connectivity index (χ1v) is 9.27. The van der Waals surface area contributed by atoms with Gasteiger partial charge in [-0.1, -0.05) is 19.3 Å². The van der Waals surface area contributed by atoms with Crippen LogP contribution in [0.4, 0.5) is 4.79 Å². The number of imidazole rings is 1. The predicted octanol–water partition coefficient (Wildman–Crippen LogP) is 3.72. The van der Waals surface area contributed by atoms with E-state index in [1.54, 1.807) is 6.20 Å². The van der Waals surface area contributed by atoms with E-state index in [-0.39, 0.29) is 6.03 Å². The molecule has 6 heteroatoms. The molecule has 3 rings (SSSR count). The number of carbonyl (C=O) groups excluding carboxylic acids is 1. The van der Waals surface area contributed by atoms with Crippen molar-refractivity contribution in [1.82, 2.24) is 19.8 Å². The van der Waals surface area contributed by atoms with E-state index < -0.39 is 0 Å². The summed E-state index contributed by atoms with van der Waals surface area (Å²) in [7, 11) is 0. The van der Waals surface area contributed by atoms with Gasteiger partial charge < -0.3 is 19.2 Å². The Hall–Kier alpha value is -2.24. The van der Waals surface area contributed by atoms with Gasteiger partial charge in [0, 0.05) is 31.5 Å². The SMILES string of the molecule is Cc1ccc(CN(CCCn2ccnc2)C(=O)NC2CCCCC2)o1. The summed E-state index contributed by atoms with van der Waals surface area (Å²) < 4.78 is 7.71. The van der Waals surface area contributed by atoms with Gasteiger partial charge in [-0.05, 0) is 38.3 Å². The van der Waals surface area contributed by atoms with Crippen molar-refractivity contribution in [2.45, 2.75) is 64.6 Å². The number of urea groups is 1. The number of rotatable bonds is 7. The minimum absolute atomic E-state index is 0.0200. The molecule has 25 heavy (non-hydrogen) atoms. The zero-order valence-electron chi connectivity index (χ0n) is 15.0. The highest BCUT2D eigenvalue weighted by Gasteiger charge is 2.20. The summed E-state index contributed by atoms with van der Waals surface area (Å²) in [6.45, 7) is 3.98. The number of nitrogens with zero attached hydrogens (tertiary/aromatic N) is 3. The van der Waals surface area contributed by atoms with Crippen molar-refractivity contribution in [2.75, 3.05) is 6.54 Å². The van der Waals surface area contributed by atoms with Crippen molar-refractivity contribution in [3.8, 4) is 0 Å². The number of furan rings is 1. The molecular formula is C19H28N4O2. The van der Waals surface area contributed by atoms with Crippen LogP contribution in [-0.4, -0.2) is 33.1 Å². The third-order valence-electron chi connectivity index (χ3n) is 4.77. The van der Waals surface area contributed by atoms with Gasteiger partial charge in [-0.2, -0.15) is 0 Å². The van der Waals surface area contributed by atoms with E-state index in [2.05, 4.69) is 10.3 Å². The van der Waals surface area contributed by atoms with Crippen LogP contribution >= 0.6 is 0 Å². The Balaban J connectivity index is 1.56. The molecule has 0 aliphatic heterocycles. The average Bonchev–Trinajstić information content (AvgIpc) is 3.26. The van der Waals surface area contributed by atoms with Gasteiger partial charge in [0.1, 0.15) is 11.5 Å². The first kappa shape index (κ1) is 17.6. The van der Waals surface area contributed by atoms with Crippen molar-refractivity contribution in [3.63, 3.8) is 0 Å². The molecule has 0 unspecified atom stereocenters. The Labute approximate surface area is 149 Å². The van der Waals surface area contributed by atoms with Crippen LogP contribution in [0.5, 0.6) is 0 Å². The Morgan fingerprint density at radius 2 is 2.20 bits per heavy atom. The summed E-state index contributed by atoms with van der Waals surface area (Å²) >= 11 is 0. The van der Waals surface area contributed by atoms with Crippen LogP contribution in [0.3, 0.4) is 0 Å². The molecular weight excluding hydrogens is 316 g/mol. The number of aryl methyl sites for hydroxylation is 2. The van der Waals surface area contributed by atoms with Crippen LogP contribution in [0, 0.1) is 6.92 Å². The van der Waals surface area contributed by atoms with Crippen molar-refractivity contribution in [3.05, 3.63) is 42.4 Å². The van der Waals surface area contributed by atoms with Gasteiger partial charge in [0.05, 0.1) is 12.9 Å². The molecule has 0 bridgehead atoms. The number of nitrogens with one attached hydrogen (secondary N) is 1. The van der Waals surface area contributed by atoms with E-state index in [9.17, 15) is 4.79 Å². The van der Waals surface area contributed by atoms with Gasteiger partial charge in [0.2, 0.25) is 0 Å². The normalized spacial score (nSPS) is 15.2. The molecule has 1 aliphatic carbocycles. The Kier molecular flexibility index (Phi) is 6.14. The van der Waals surface area contributed by atoms with Crippen LogP contribution in [0.15, 0.2) is 35.3 Å². The van der Waals surface area contributed by atoms with Gasteiger partial charge in [-0.25, -0.2) is 9.78 Å². The van der Waals surface area contributed by atoms with E-state index in [0.29, 0.717) is 19.1 Å². The van der Waals surface area contributed by atoms with Crippen molar-refractivity contribution in [1.29, 1.82) is 0 Å². The fourth-order valence-electron chi connectivity index (χ4n) is 3.39. The number of hydrogen-bond acceptors (Lipinski definition) is 3. The first-order valence-electron chi connectivity index (χ1n) is 9.27. The fraction of sp³-hybridized carbons (Fsp3) is 0.579. The summed E-state index contributed by atoms with van der Waals surface area (Å²) in [6.07, 6.45) is 12.3. The second-order valence-electron chi connectivity index (χ2n) is 6.87. The summed E-state index contributed by atoms with van der Waals surface area (Å²) in [5.41, 5.74) is 0. The molecule has 1 N–H and O–H groups in total. The fourth-order valence-corrected chi connectivity index (χ4v) is 3.39. The largest absolute Gasteiger partial charge is 0.464 e. The summed E-state index contributed by atoms with van der Waals surface area (Å²) in [4.78, 5) is 18.7. The van der Waals surface area contributed by atoms with E-state index in [0.717, 1.165) is 37.3 Å². The predicted molar refractivity (Wildman–Crippen MR) is 96.1 cm³/mol. The quantitative estimate of drug-likeness (QED) is 0.832. The number of hydrogen-bond donors (Lipinski definition) is 1. The van der Waals surface area contributed by atoms with Gasteiger partial charge in [-0.15, -0.1) is 0 Å². The maximum Gasteiger partial charge on any atom is 0.318 e. The van der Waals surface area contributed by atoms with Gasteiger partial charge in [0.15, 0.2) is 0 Å². The molecule has 136 valence electrons. The van der Waals surface area contributed by atoms with Crippen LogP contribution in [0.1, 0.15) is 50.0 Å². The molecule has 1 saturated carbocycles. The molecule has 0 aromatic carbocycles. The number of aromatic nitrogens is 2. The number of carbonyl (C=O) groups is 1. The zero-order valence-corrected chi connectivity index (χ0v) is 15.0. The highest BCUT2D eigenvalue weighted by atomic mass is 16.3. The van der Waals surface area contributed by atoms with Gasteiger partial charge >= 0.3 is 6.03 Å². The molecule has 1 aliphatic rings.